The Labute approximate surface area is 760 Å². The first-order chi connectivity index (χ1) is 62.6. The number of ketones is 1. The molecule has 1 atom stereocenters. The van der Waals surface area contributed by atoms with Crippen LogP contribution in [0.15, 0.2) is 272 Å². The Bertz CT molecular complexity index is 6570. The first-order valence-corrected chi connectivity index (χ1v) is 43.5. The lowest BCUT2D eigenvalue weighted by Gasteiger charge is -2.32. The lowest BCUT2D eigenvalue weighted by Crippen LogP contribution is -2.44. The van der Waals surface area contributed by atoms with Crippen molar-refractivity contribution in [2.24, 2.45) is 10.5 Å². The van der Waals surface area contributed by atoms with Gasteiger partial charge in [-0.15, -0.1) is 5.10 Å². The molecule has 131 heavy (non-hydrogen) atoms. The summed E-state index contributed by atoms with van der Waals surface area (Å²) in [5.74, 6) is 0.412. The lowest BCUT2D eigenvalue weighted by atomic mass is 9.92. The van der Waals surface area contributed by atoms with Crippen molar-refractivity contribution in [3.05, 3.63) is 308 Å². The fourth-order valence-electron chi connectivity index (χ4n) is 13.2. The summed E-state index contributed by atoms with van der Waals surface area (Å²) in [6.07, 6.45) is 4.80. The molecule has 1 unspecified atom stereocenters. The van der Waals surface area contributed by atoms with E-state index in [0.29, 0.717) is 117 Å². The third-order valence-electron chi connectivity index (χ3n) is 20.0. The fraction of sp³-hybridized carbons (Fsp3) is 0.258. The lowest BCUT2D eigenvalue weighted by molar-refractivity contribution is -0.137. The first kappa shape index (κ1) is 98.4. The Kier molecular flexibility index (Phi) is 34.7. The van der Waals surface area contributed by atoms with Crippen LogP contribution >= 0.6 is 12.2 Å². The summed E-state index contributed by atoms with van der Waals surface area (Å²) in [6.45, 7) is 15.3. The van der Waals surface area contributed by atoms with E-state index in [1.165, 1.54) is 68.8 Å². The number of benzene rings is 8. The van der Waals surface area contributed by atoms with Gasteiger partial charge in [-0.1, -0.05) is 165 Å². The van der Waals surface area contributed by atoms with Gasteiger partial charge < -0.3 is 39.5 Å². The molecule has 0 aliphatic carbocycles. The van der Waals surface area contributed by atoms with Gasteiger partial charge in [-0.05, 0) is 172 Å². The molecule has 0 spiro atoms. The van der Waals surface area contributed by atoms with Crippen LogP contribution in [0.5, 0.6) is 5.75 Å². The average Bonchev–Trinajstić information content (AvgIpc) is 1.64. The molecule has 34 heteroatoms. The molecule has 1 saturated heterocycles. The number of allylic oxidation sites excluding steroid dienone is 2. The van der Waals surface area contributed by atoms with Crippen molar-refractivity contribution in [2.45, 2.75) is 117 Å². The van der Waals surface area contributed by atoms with Gasteiger partial charge in [0.2, 0.25) is 21.7 Å². The number of carbonyl (C=O) groups excluding carboxylic acids is 6. The van der Waals surface area contributed by atoms with Crippen molar-refractivity contribution in [3.63, 3.8) is 0 Å². The van der Waals surface area contributed by atoms with Crippen LogP contribution in [0.4, 0.5) is 24.5 Å². The fourth-order valence-corrected chi connectivity index (χ4v) is 14.5. The van der Waals surface area contributed by atoms with Gasteiger partial charge in [0.15, 0.2) is 23.1 Å². The molecule has 29 nitrogen and oxygen atoms in total. The maximum atomic E-state index is 12.9. The topological polar surface area (TPSA) is 363 Å². The van der Waals surface area contributed by atoms with Crippen LogP contribution in [0.1, 0.15) is 111 Å². The smallest absolute Gasteiger partial charge is 0.416 e. The van der Waals surface area contributed by atoms with E-state index in [1.54, 1.807) is 148 Å². The predicted molar refractivity (Wildman–Crippen MR) is 499 cm³/mol. The highest BCUT2D eigenvalue weighted by Gasteiger charge is 2.44. The molecule has 0 bridgehead atoms. The van der Waals surface area contributed by atoms with E-state index in [2.05, 4.69) is 63.5 Å². The Morgan fingerprint density at radius 2 is 1.40 bits per heavy atom. The Morgan fingerprint density at radius 1 is 0.733 bits per heavy atom. The van der Waals surface area contributed by atoms with Crippen molar-refractivity contribution in [1.29, 1.82) is 5.26 Å². The minimum absolute atomic E-state index is 0.0507. The third kappa shape index (κ3) is 27.6. The van der Waals surface area contributed by atoms with Gasteiger partial charge in [-0.2, -0.15) is 33.3 Å². The first-order valence-electron chi connectivity index (χ1n) is 41.6. The number of esters is 1. The number of nitrogens with one attached hydrogen (secondary N) is 3. The number of halogens is 3. The molecular formula is C97H99F3N16O13S2. The van der Waals surface area contributed by atoms with Crippen LogP contribution in [-0.4, -0.2) is 158 Å². The largest absolute Gasteiger partial charge is 0.497 e. The highest BCUT2D eigenvalue weighted by atomic mass is 32.2. The zero-order valence-electron chi connectivity index (χ0n) is 73.8. The average molecular weight is 1820 g/mol. The van der Waals surface area contributed by atoms with Crippen LogP contribution in [-0.2, 0) is 64.2 Å². The third-order valence-corrected chi connectivity index (χ3v) is 22.2. The number of Topliss-reactive ketones (excluding diaryl/α,β-unsaturated/α-hetero) is 1. The summed E-state index contributed by atoms with van der Waals surface area (Å²) in [6, 6.07) is 66.8. The Morgan fingerprint density at radius 3 is 2.06 bits per heavy atom. The second-order valence-electron chi connectivity index (χ2n) is 31.3. The summed E-state index contributed by atoms with van der Waals surface area (Å²) in [4.78, 5) is 111. The summed E-state index contributed by atoms with van der Waals surface area (Å²) in [7, 11) is 1.30. The number of aromatic nitrogens is 8. The number of furan rings is 1. The molecular weight excluding hydrogens is 1720 g/mol. The van der Waals surface area contributed by atoms with E-state index in [0.717, 1.165) is 41.9 Å². The number of alkyl halides is 3. The van der Waals surface area contributed by atoms with Crippen LogP contribution in [0.25, 0.3) is 50.0 Å². The van der Waals surface area contributed by atoms with Crippen LogP contribution in [0.3, 0.4) is 0 Å². The highest BCUT2D eigenvalue weighted by molar-refractivity contribution is 7.95. The second kappa shape index (κ2) is 46.3. The van der Waals surface area contributed by atoms with Crippen LogP contribution in [0.2, 0.25) is 0 Å². The van der Waals surface area contributed by atoms with Crippen LogP contribution in [0, 0.1) is 30.6 Å². The van der Waals surface area contributed by atoms with Crippen molar-refractivity contribution < 1.29 is 64.2 Å². The van der Waals surface area contributed by atoms with E-state index in [1.807, 2.05) is 119 Å². The molecule has 0 radical (unpaired) electrons. The van der Waals surface area contributed by atoms with E-state index in [-0.39, 0.29) is 87.8 Å². The van der Waals surface area contributed by atoms with Gasteiger partial charge in [0.1, 0.15) is 44.9 Å². The Hall–Kier alpha value is -14.8. The zero-order valence-corrected chi connectivity index (χ0v) is 75.4. The van der Waals surface area contributed by atoms with Crippen molar-refractivity contribution in [3.8, 4) is 29.0 Å². The molecule has 13 aromatic rings. The normalized spacial score (nSPS) is 13.1. The standard InChI is InChI=1S/C20H20N2O3.C19H15N5O.C18H16N2O4.C15H18N4O3.C15H19NO2S.C10H11F3N2S/c1-25-17-8-4-7-16(11-17)22-19(23)12-18(20(22)24)21-10-9-14-5-2-3-6-15(14)13-21;1-14-22-18-17(13-21-24(18)16-10-6-3-7-11-16)19(25)23(14)20-12-15-8-4-2-5-9-15;1-2-19-17(21)11-24-18(22)13-10-15(16-8-5-9-23-16)20-14-7-4-3-6-12(13)14;1-11(20)5-4-9-16-14(21)8-10-19-15(22)12-6-2-3-7-13(12)17-18-19;1-12-5-7-13(8-6-12)19(17,18)14(11-16)9-10-15(2,3)4;1-15(2)9(16)14-8-5-3-4-7(6-8)10(11,12)13/h2-8,11,18H,9-10,12-13H2,1H3;2-13H,1H3;3-10H,2,11H2,1H3,(H,19,21);2-3,6-7H,4-5,8-10H2,1H3,(H,16,21);5-9H,10H2,1-4H3;3-6H,1-2H3,(H,14,16)/b;20-12+;;;14-9+;. The number of pyridine rings is 1. The summed E-state index contributed by atoms with van der Waals surface area (Å²) in [5, 5.41) is 35.4. The summed E-state index contributed by atoms with van der Waals surface area (Å²) >= 11 is 4.93. The number of nitrogens with zero attached hydrogens (tertiary/aromatic N) is 13. The zero-order chi connectivity index (χ0) is 94.5. The number of para-hydroxylation sites is 2. The molecule has 4 amide bonds. The molecule has 2 aliphatic heterocycles. The molecule has 8 aromatic carbocycles. The number of ether oxygens (including phenoxy) is 2. The number of sulfone groups is 1. The minimum atomic E-state index is -4.34. The number of anilines is 2. The van der Waals surface area contributed by atoms with E-state index >= 15 is 0 Å². The quantitative estimate of drug-likeness (QED) is 0.0142. The summed E-state index contributed by atoms with van der Waals surface area (Å²) in [5.41, 5.74) is 7.58. The van der Waals surface area contributed by atoms with E-state index in [9.17, 15) is 59.9 Å². The minimum Gasteiger partial charge on any atom is -0.497 e. The van der Waals surface area contributed by atoms with Gasteiger partial charge in [0, 0.05) is 70.3 Å². The maximum Gasteiger partial charge on any atom is 0.416 e. The molecule has 3 N–H and O–H groups in total. The predicted octanol–water partition coefficient (Wildman–Crippen LogP) is 15.2. The molecule has 0 saturated carbocycles. The van der Waals surface area contributed by atoms with Gasteiger partial charge in [0.25, 0.3) is 22.9 Å². The number of amides is 4. The number of nitriles is 1. The number of fused-ring (bicyclic) bond motifs is 4. The Balaban J connectivity index is 0.000000164. The second-order valence-corrected chi connectivity index (χ2v) is 33.6. The maximum absolute atomic E-state index is 12.9. The van der Waals surface area contributed by atoms with Gasteiger partial charge in [-0.25, -0.2) is 37.4 Å². The monoisotopic (exact) mass is 1820 g/mol. The molecule has 2 aliphatic rings. The SMILES string of the molecule is CC(=O)CCCNC(=O)CCn1nnc2ccccc2c1=O.CCNC(=O)COC(=O)c1cc(-c2ccco2)nc2ccccc12.CN(C)C(=S)Nc1cccc(C(F)(F)F)c1.COc1cccc(N2C(=O)CC(N3CCc4ccccc4C3)C2=O)c1.Cc1ccc(S(=O)(=O)/C(C#N)=C/CC(C)(C)C)cc1.Cc1nc2c(cnn2-c2ccccc2)c(=O)n1/N=C/c1ccccc1. The van der Waals surface area contributed by atoms with Gasteiger partial charge in [-0.3, -0.25) is 33.7 Å². The molecule has 15 rings (SSSR count). The highest BCUT2D eigenvalue weighted by Crippen LogP contribution is 2.34. The van der Waals surface area contributed by atoms with E-state index in [4.69, 9.17) is 31.4 Å². The van der Waals surface area contributed by atoms with Gasteiger partial charge in [0.05, 0.1) is 83.1 Å². The van der Waals surface area contributed by atoms with Crippen molar-refractivity contribution in [2.75, 3.05) is 57.7 Å². The molecule has 7 heterocycles. The number of aryl methyl sites for hydroxylation is 3. The molecule has 1 fully saturated rings. The number of likely N-dealkylation sites (N-methyl/N-ethyl adjacent to an activating group) is 1. The van der Waals surface area contributed by atoms with E-state index < -0.39 is 27.5 Å². The number of thiocarbonyl (C=S) groups is 1. The number of methoxy groups -OCH3 is 1. The number of imide groups is 1. The van der Waals surface area contributed by atoms with Gasteiger partial charge >= 0.3 is 12.1 Å². The molecule has 678 valence electrons. The summed E-state index contributed by atoms with van der Waals surface area (Å²) < 4.78 is 81.6. The number of carbonyl (C=O) groups is 6. The van der Waals surface area contributed by atoms with Crippen LogP contribution < -0.4 is 36.7 Å². The van der Waals surface area contributed by atoms with Crippen molar-refractivity contribution >= 4 is 113 Å². The molecule has 5 aromatic heterocycles. The van der Waals surface area contributed by atoms with Crippen molar-refractivity contribution in [1.82, 2.24) is 59.9 Å². The number of hydrogen-bond acceptors (Lipinski definition) is 22. The number of hydrogen-bond donors (Lipinski definition) is 3. The number of rotatable bonds is 22.